The Labute approximate surface area is 141 Å². The minimum absolute atomic E-state index is 0.199. The third-order valence-corrected chi connectivity index (χ3v) is 4.62. The number of nitrogens with zero attached hydrogens (tertiary/aromatic N) is 5. The minimum atomic E-state index is -4.54. The fourth-order valence-corrected chi connectivity index (χ4v) is 3.12. The molecule has 1 aliphatic heterocycles. The van der Waals surface area contributed by atoms with Crippen molar-refractivity contribution < 1.29 is 18.0 Å². The quantitative estimate of drug-likeness (QED) is 0.896. The maximum absolute atomic E-state index is 12.6. The van der Waals surface area contributed by atoms with Gasteiger partial charge in [0.25, 0.3) is 0 Å². The van der Waals surface area contributed by atoms with Gasteiger partial charge in [-0.3, -0.25) is 9.48 Å². The predicted octanol–water partition coefficient (Wildman–Crippen LogP) is 1.24. The fourth-order valence-electron chi connectivity index (χ4n) is 3.12. The van der Waals surface area contributed by atoms with E-state index in [0.717, 1.165) is 17.3 Å². The van der Waals surface area contributed by atoms with Crippen LogP contribution in [0.25, 0.3) is 0 Å². The van der Waals surface area contributed by atoms with Crippen molar-refractivity contribution in [2.24, 2.45) is 18.7 Å². The van der Waals surface area contributed by atoms with E-state index >= 15 is 0 Å². The Balaban J connectivity index is 1.87. The van der Waals surface area contributed by atoms with Crippen LogP contribution in [0.2, 0.25) is 0 Å². The summed E-state index contributed by atoms with van der Waals surface area (Å²) in [6.45, 7) is 2.57. The molecule has 0 bridgehead atoms. The second-order valence-electron chi connectivity index (χ2n) is 6.10. The minimum Gasteiger partial charge on any atom is -0.369 e. The van der Waals surface area contributed by atoms with Gasteiger partial charge in [0, 0.05) is 31.7 Å². The van der Waals surface area contributed by atoms with E-state index < -0.39 is 23.7 Å². The summed E-state index contributed by atoms with van der Waals surface area (Å²) >= 11 is 0. The van der Waals surface area contributed by atoms with E-state index in [4.69, 9.17) is 5.73 Å². The number of primary amides is 1. The summed E-state index contributed by atoms with van der Waals surface area (Å²) in [5, 5.41) is 11.1. The van der Waals surface area contributed by atoms with Crippen molar-refractivity contribution in [2.75, 3.05) is 18.0 Å². The van der Waals surface area contributed by atoms with Crippen LogP contribution in [0.3, 0.4) is 0 Å². The summed E-state index contributed by atoms with van der Waals surface area (Å²) in [6.07, 6.45) is -2.85. The molecule has 2 atom stereocenters. The highest BCUT2D eigenvalue weighted by Gasteiger charge is 2.40. The van der Waals surface area contributed by atoms with E-state index in [-0.39, 0.29) is 18.3 Å². The average Bonchev–Trinajstić information content (AvgIpc) is 3.12. The number of aryl methyl sites for hydroxylation is 1. The zero-order chi connectivity index (χ0) is 18.4. The van der Waals surface area contributed by atoms with Crippen molar-refractivity contribution >= 4 is 11.7 Å². The Bertz CT molecular complexity index is 786. The molecule has 1 saturated heterocycles. The zero-order valence-corrected chi connectivity index (χ0v) is 13.7. The van der Waals surface area contributed by atoms with Crippen LogP contribution < -0.4 is 10.6 Å². The van der Waals surface area contributed by atoms with Gasteiger partial charge in [-0.05, 0) is 24.6 Å². The molecule has 10 heteroatoms. The molecule has 0 unspecified atom stereocenters. The molecule has 134 valence electrons. The largest absolute Gasteiger partial charge is 0.435 e. The Kier molecular flexibility index (Phi) is 4.13. The van der Waals surface area contributed by atoms with Gasteiger partial charge in [-0.15, -0.1) is 10.2 Å². The van der Waals surface area contributed by atoms with Crippen molar-refractivity contribution in [3.8, 4) is 0 Å². The number of carbonyl (C=O) groups is 1. The number of halogens is 3. The number of hydrogen-bond acceptors (Lipinski definition) is 5. The zero-order valence-electron chi connectivity index (χ0n) is 13.7. The molecule has 2 N–H and O–H groups in total. The van der Waals surface area contributed by atoms with E-state index in [1.165, 1.54) is 6.07 Å². The third kappa shape index (κ3) is 3.15. The smallest absolute Gasteiger partial charge is 0.369 e. The van der Waals surface area contributed by atoms with E-state index in [9.17, 15) is 18.0 Å². The molecule has 0 radical (unpaired) electrons. The lowest BCUT2D eigenvalue weighted by Gasteiger charge is -2.17. The first-order valence-electron chi connectivity index (χ1n) is 7.62. The number of carbonyl (C=O) groups excluding carboxylic acids is 1. The first kappa shape index (κ1) is 17.2. The topological polar surface area (TPSA) is 89.9 Å². The van der Waals surface area contributed by atoms with Crippen LogP contribution in [0.4, 0.5) is 19.0 Å². The van der Waals surface area contributed by atoms with Crippen LogP contribution in [0.15, 0.2) is 18.3 Å². The SMILES string of the molecule is Cc1c([C@H]2CN(c3ccc(C(F)(F)F)nn3)C[C@@H]2C(N)=O)cnn1C. The van der Waals surface area contributed by atoms with Gasteiger partial charge in [-0.2, -0.15) is 18.3 Å². The highest BCUT2D eigenvalue weighted by atomic mass is 19.4. The van der Waals surface area contributed by atoms with Gasteiger partial charge in [-0.25, -0.2) is 0 Å². The standard InChI is InChI=1S/C15H17F3N6O/c1-8-9(5-20-23(8)2)10-6-24(7-11(10)14(19)25)13-4-3-12(21-22-13)15(16,17)18/h3-5,10-11H,6-7H2,1-2H3,(H2,19,25)/t10-,11+/m1/s1. The highest BCUT2D eigenvalue weighted by Crippen LogP contribution is 2.36. The number of anilines is 1. The molecule has 2 aromatic rings. The first-order valence-corrected chi connectivity index (χ1v) is 7.62. The summed E-state index contributed by atoms with van der Waals surface area (Å²) in [4.78, 5) is 13.6. The van der Waals surface area contributed by atoms with Gasteiger partial charge in [0.05, 0.1) is 12.1 Å². The van der Waals surface area contributed by atoms with Crippen LogP contribution in [-0.4, -0.2) is 39.0 Å². The van der Waals surface area contributed by atoms with Crippen molar-refractivity contribution in [3.05, 3.63) is 35.3 Å². The Morgan fingerprint density at radius 3 is 2.48 bits per heavy atom. The van der Waals surface area contributed by atoms with Gasteiger partial charge in [0.2, 0.25) is 5.91 Å². The predicted molar refractivity (Wildman–Crippen MR) is 82.6 cm³/mol. The molecule has 3 heterocycles. The summed E-state index contributed by atoms with van der Waals surface area (Å²) in [7, 11) is 1.80. The number of amides is 1. The first-order chi connectivity index (χ1) is 11.7. The lowest BCUT2D eigenvalue weighted by molar-refractivity contribution is -0.141. The number of aromatic nitrogens is 4. The van der Waals surface area contributed by atoms with Crippen molar-refractivity contribution in [1.29, 1.82) is 0 Å². The lowest BCUT2D eigenvalue weighted by Crippen LogP contribution is -2.29. The van der Waals surface area contributed by atoms with Crippen LogP contribution in [0.1, 0.15) is 22.9 Å². The molecular formula is C15H17F3N6O. The summed E-state index contributed by atoms with van der Waals surface area (Å²) in [6, 6.07) is 2.14. The second-order valence-corrected chi connectivity index (χ2v) is 6.10. The molecule has 1 fully saturated rings. The molecule has 0 spiro atoms. The molecule has 0 aliphatic carbocycles. The normalized spacial score (nSPS) is 20.9. The van der Waals surface area contributed by atoms with E-state index in [0.29, 0.717) is 6.54 Å². The average molecular weight is 354 g/mol. The maximum atomic E-state index is 12.6. The number of hydrogen-bond donors (Lipinski definition) is 1. The number of nitrogens with two attached hydrogens (primary N) is 1. The van der Waals surface area contributed by atoms with Gasteiger partial charge >= 0.3 is 6.18 Å². The molecule has 0 aromatic carbocycles. The molecular weight excluding hydrogens is 337 g/mol. The Morgan fingerprint density at radius 1 is 1.28 bits per heavy atom. The summed E-state index contributed by atoms with van der Waals surface area (Å²) in [5.41, 5.74) is 6.28. The number of rotatable bonds is 3. The van der Waals surface area contributed by atoms with Gasteiger partial charge in [0.1, 0.15) is 0 Å². The molecule has 7 nitrogen and oxygen atoms in total. The van der Waals surface area contributed by atoms with Crippen LogP contribution in [0.5, 0.6) is 0 Å². The van der Waals surface area contributed by atoms with Crippen LogP contribution in [-0.2, 0) is 18.0 Å². The van der Waals surface area contributed by atoms with Gasteiger partial charge in [-0.1, -0.05) is 0 Å². The molecule has 1 amide bonds. The monoisotopic (exact) mass is 354 g/mol. The van der Waals surface area contributed by atoms with Gasteiger partial charge in [0.15, 0.2) is 11.5 Å². The fraction of sp³-hybridized carbons (Fsp3) is 0.467. The lowest BCUT2D eigenvalue weighted by atomic mass is 9.89. The highest BCUT2D eigenvalue weighted by molar-refractivity contribution is 5.79. The molecule has 3 rings (SSSR count). The molecule has 2 aromatic heterocycles. The summed E-state index contributed by atoms with van der Waals surface area (Å²) < 4.78 is 39.5. The van der Waals surface area contributed by atoms with Crippen LogP contribution >= 0.6 is 0 Å². The summed E-state index contributed by atoms with van der Waals surface area (Å²) in [5.74, 6) is -0.860. The van der Waals surface area contributed by atoms with Crippen molar-refractivity contribution in [2.45, 2.75) is 19.0 Å². The Morgan fingerprint density at radius 2 is 2.00 bits per heavy atom. The van der Waals surface area contributed by atoms with Gasteiger partial charge < -0.3 is 10.6 Å². The number of alkyl halides is 3. The van der Waals surface area contributed by atoms with E-state index in [2.05, 4.69) is 15.3 Å². The third-order valence-electron chi connectivity index (χ3n) is 4.62. The van der Waals surface area contributed by atoms with Crippen molar-refractivity contribution in [3.63, 3.8) is 0 Å². The van der Waals surface area contributed by atoms with E-state index in [1.807, 2.05) is 6.92 Å². The Hall–Kier alpha value is -2.65. The maximum Gasteiger partial charge on any atom is 0.435 e. The molecule has 1 aliphatic rings. The van der Waals surface area contributed by atoms with Crippen molar-refractivity contribution in [1.82, 2.24) is 20.0 Å². The van der Waals surface area contributed by atoms with Crippen LogP contribution in [0, 0.1) is 12.8 Å². The molecule has 25 heavy (non-hydrogen) atoms. The second kappa shape index (κ2) is 6.01. The molecule has 0 saturated carbocycles. The van der Waals surface area contributed by atoms with E-state index in [1.54, 1.807) is 22.8 Å².